The van der Waals surface area contributed by atoms with Crippen LogP contribution in [0.3, 0.4) is 0 Å². The van der Waals surface area contributed by atoms with Crippen molar-refractivity contribution in [2.24, 2.45) is 11.8 Å². The van der Waals surface area contributed by atoms with Gasteiger partial charge in [0.15, 0.2) is 0 Å². The highest BCUT2D eigenvalue weighted by atomic mass is 32.1. The molecule has 3 rings (SSSR count). The molecule has 2 fully saturated rings. The number of thiophene rings is 1. The molecule has 1 aromatic rings. The van der Waals surface area contributed by atoms with E-state index >= 15 is 0 Å². The summed E-state index contributed by atoms with van der Waals surface area (Å²) in [5.41, 5.74) is 0.0459. The molecular formula is C13H16N2O3S. The quantitative estimate of drug-likeness (QED) is 0.666. The van der Waals surface area contributed by atoms with E-state index in [0.29, 0.717) is 21.6 Å². The van der Waals surface area contributed by atoms with Crippen LogP contribution in [0.4, 0.5) is 5.69 Å². The number of amides is 1. The van der Waals surface area contributed by atoms with Crippen LogP contribution in [0.1, 0.15) is 40.2 Å². The van der Waals surface area contributed by atoms with E-state index < -0.39 is 4.92 Å². The molecule has 1 aromatic heterocycles. The Bertz CT molecular complexity index is 520. The van der Waals surface area contributed by atoms with Gasteiger partial charge in [0.2, 0.25) is 0 Å². The topological polar surface area (TPSA) is 72.2 Å². The molecule has 0 spiro atoms. The smallest absolute Gasteiger partial charge is 0.283 e. The lowest BCUT2D eigenvalue weighted by atomic mass is 10.1. The maximum absolute atomic E-state index is 12.2. The first-order chi connectivity index (χ1) is 9.06. The number of nitrogens with zero attached hydrogens (tertiary/aromatic N) is 1. The van der Waals surface area contributed by atoms with Gasteiger partial charge >= 0.3 is 0 Å². The van der Waals surface area contributed by atoms with Crippen molar-refractivity contribution >= 4 is 22.9 Å². The van der Waals surface area contributed by atoms with Gasteiger partial charge in [-0.3, -0.25) is 14.9 Å². The van der Waals surface area contributed by atoms with Crippen LogP contribution in [0.25, 0.3) is 0 Å². The summed E-state index contributed by atoms with van der Waals surface area (Å²) in [5, 5.41) is 13.9. The average Bonchev–Trinajstić information content (AvgIpc) is 3.23. The first-order valence-electron chi connectivity index (χ1n) is 6.62. The fourth-order valence-corrected chi connectivity index (χ4v) is 3.41. The molecule has 19 heavy (non-hydrogen) atoms. The molecular weight excluding hydrogens is 264 g/mol. The highest BCUT2D eigenvalue weighted by molar-refractivity contribution is 7.14. The molecule has 0 radical (unpaired) electrons. The summed E-state index contributed by atoms with van der Waals surface area (Å²) in [6.45, 7) is 1.68. The summed E-state index contributed by atoms with van der Waals surface area (Å²) in [6, 6.07) is 1.68. The Balaban J connectivity index is 1.72. The monoisotopic (exact) mass is 280 g/mol. The number of carbonyl (C=O) groups is 1. The van der Waals surface area contributed by atoms with Crippen molar-refractivity contribution in [3.05, 3.63) is 25.9 Å². The largest absolute Gasteiger partial charge is 0.348 e. The molecule has 2 aliphatic rings. The molecule has 6 heteroatoms. The number of aryl methyl sites for hydroxylation is 1. The number of nitro groups is 1. The van der Waals surface area contributed by atoms with Gasteiger partial charge in [-0.1, -0.05) is 0 Å². The van der Waals surface area contributed by atoms with Crippen LogP contribution >= 0.6 is 11.3 Å². The third-order valence-electron chi connectivity index (χ3n) is 3.87. The second kappa shape index (κ2) is 4.59. The van der Waals surface area contributed by atoms with Gasteiger partial charge < -0.3 is 5.32 Å². The fourth-order valence-electron chi connectivity index (χ4n) is 2.52. The Morgan fingerprint density at radius 3 is 2.42 bits per heavy atom. The summed E-state index contributed by atoms with van der Waals surface area (Å²) in [4.78, 5) is 23.6. The Kier molecular flexibility index (Phi) is 3.05. The van der Waals surface area contributed by atoms with Crippen molar-refractivity contribution in [2.75, 3.05) is 0 Å². The van der Waals surface area contributed by atoms with Gasteiger partial charge in [-0.2, -0.15) is 0 Å². The van der Waals surface area contributed by atoms with Crippen molar-refractivity contribution in [3.63, 3.8) is 0 Å². The third-order valence-corrected chi connectivity index (χ3v) is 4.91. The third kappa shape index (κ3) is 2.63. The van der Waals surface area contributed by atoms with Crippen molar-refractivity contribution in [2.45, 2.75) is 38.6 Å². The molecule has 0 aromatic carbocycles. The number of hydrogen-bond donors (Lipinski definition) is 1. The Hall–Kier alpha value is -1.43. The standard InChI is InChI=1S/C13H16N2O3S/c1-7-10(15(17)18)6-11(19-7)13(16)14-12(8-2-3-8)9-4-5-9/h6,8-9,12H,2-5H2,1H3,(H,14,16). The van der Waals surface area contributed by atoms with Crippen molar-refractivity contribution in [1.82, 2.24) is 5.32 Å². The van der Waals surface area contributed by atoms with Crippen LogP contribution in [0.2, 0.25) is 0 Å². The highest BCUT2D eigenvalue weighted by Gasteiger charge is 2.42. The van der Waals surface area contributed by atoms with Gasteiger partial charge in [0, 0.05) is 12.1 Å². The van der Waals surface area contributed by atoms with Crippen molar-refractivity contribution in [1.29, 1.82) is 0 Å². The van der Waals surface area contributed by atoms with E-state index in [-0.39, 0.29) is 17.6 Å². The van der Waals surface area contributed by atoms with E-state index in [4.69, 9.17) is 0 Å². The zero-order valence-electron chi connectivity index (χ0n) is 10.7. The van der Waals surface area contributed by atoms with Crippen molar-refractivity contribution < 1.29 is 9.72 Å². The van der Waals surface area contributed by atoms with E-state index in [2.05, 4.69) is 5.32 Å². The van der Waals surface area contributed by atoms with Gasteiger partial charge in [0.1, 0.15) is 0 Å². The second-order valence-electron chi connectivity index (χ2n) is 5.48. The van der Waals surface area contributed by atoms with E-state index in [0.717, 1.165) is 0 Å². The lowest BCUT2D eigenvalue weighted by Crippen LogP contribution is -2.37. The molecule has 1 heterocycles. The van der Waals surface area contributed by atoms with E-state index in [1.165, 1.54) is 43.1 Å². The predicted molar refractivity (Wildman–Crippen MR) is 72.4 cm³/mol. The minimum atomic E-state index is -0.429. The minimum absolute atomic E-state index is 0.0459. The molecule has 102 valence electrons. The molecule has 2 saturated carbocycles. The molecule has 0 bridgehead atoms. The maximum Gasteiger partial charge on any atom is 0.283 e. The first-order valence-corrected chi connectivity index (χ1v) is 7.43. The zero-order valence-corrected chi connectivity index (χ0v) is 11.5. The Morgan fingerprint density at radius 1 is 1.42 bits per heavy atom. The summed E-state index contributed by atoms with van der Waals surface area (Å²) in [7, 11) is 0. The number of carbonyl (C=O) groups excluding carboxylic acids is 1. The molecule has 0 saturated heterocycles. The lowest BCUT2D eigenvalue weighted by molar-refractivity contribution is -0.385. The fraction of sp³-hybridized carbons (Fsp3) is 0.615. The van der Waals surface area contributed by atoms with Gasteiger partial charge in [-0.25, -0.2) is 0 Å². The predicted octanol–water partition coefficient (Wildman–Crippen LogP) is 2.88. The Morgan fingerprint density at radius 2 is 2.00 bits per heavy atom. The van der Waals surface area contributed by atoms with E-state index in [1.807, 2.05) is 0 Å². The maximum atomic E-state index is 12.2. The van der Waals surface area contributed by atoms with Crippen LogP contribution in [0.5, 0.6) is 0 Å². The normalized spacial score (nSPS) is 18.6. The average molecular weight is 280 g/mol. The number of nitrogens with one attached hydrogen (secondary N) is 1. The molecule has 0 atom stereocenters. The number of hydrogen-bond acceptors (Lipinski definition) is 4. The first kappa shape index (κ1) is 12.6. The van der Waals surface area contributed by atoms with Crippen molar-refractivity contribution in [3.8, 4) is 0 Å². The van der Waals surface area contributed by atoms with E-state index in [1.54, 1.807) is 6.92 Å². The minimum Gasteiger partial charge on any atom is -0.348 e. The second-order valence-corrected chi connectivity index (χ2v) is 6.74. The van der Waals surface area contributed by atoms with Crippen LogP contribution in [-0.2, 0) is 0 Å². The highest BCUT2D eigenvalue weighted by Crippen LogP contribution is 2.44. The van der Waals surface area contributed by atoms with Crippen LogP contribution in [0, 0.1) is 28.9 Å². The van der Waals surface area contributed by atoms with Crippen LogP contribution in [-0.4, -0.2) is 16.9 Å². The molecule has 0 unspecified atom stereocenters. The lowest BCUT2D eigenvalue weighted by Gasteiger charge is -2.16. The Labute approximate surface area is 115 Å². The van der Waals surface area contributed by atoms with Crippen LogP contribution < -0.4 is 5.32 Å². The molecule has 2 aliphatic carbocycles. The zero-order chi connectivity index (χ0) is 13.6. The summed E-state index contributed by atoms with van der Waals surface area (Å²) in [5.74, 6) is 1.12. The molecule has 5 nitrogen and oxygen atoms in total. The summed E-state index contributed by atoms with van der Waals surface area (Å²) < 4.78 is 0. The number of rotatable bonds is 5. The van der Waals surface area contributed by atoms with Gasteiger partial charge in [-0.15, -0.1) is 11.3 Å². The van der Waals surface area contributed by atoms with Gasteiger partial charge in [-0.05, 0) is 44.4 Å². The van der Waals surface area contributed by atoms with Gasteiger partial charge in [0.25, 0.3) is 11.6 Å². The summed E-state index contributed by atoms with van der Waals surface area (Å²) in [6.07, 6.45) is 4.80. The van der Waals surface area contributed by atoms with Gasteiger partial charge in [0.05, 0.1) is 14.7 Å². The SMILES string of the molecule is Cc1sc(C(=O)NC(C2CC2)C2CC2)cc1[N+](=O)[O-]. The van der Waals surface area contributed by atoms with Crippen LogP contribution in [0.15, 0.2) is 6.07 Å². The molecule has 1 amide bonds. The van der Waals surface area contributed by atoms with E-state index in [9.17, 15) is 14.9 Å². The molecule has 1 N–H and O–H groups in total. The molecule has 0 aliphatic heterocycles. The summed E-state index contributed by atoms with van der Waals surface area (Å²) >= 11 is 1.20.